The first-order valence-electron chi connectivity index (χ1n) is 8.66. The lowest BCUT2D eigenvalue weighted by Crippen LogP contribution is -2.51. The molecule has 0 aromatic rings. The number of hydrogen-bond acceptors (Lipinski definition) is 4. The number of aliphatic hydroxyl groups excluding tert-OH is 1. The molecule has 5 heteroatoms. The number of piperazine rings is 1. The maximum absolute atomic E-state index is 12.2. The second-order valence-corrected chi connectivity index (χ2v) is 7.74. The molecule has 0 aromatic heterocycles. The fourth-order valence-electron chi connectivity index (χ4n) is 3.01. The fourth-order valence-corrected chi connectivity index (χ4v) is 3.01. The van der Waals surface area contributed by atoms with E-state index in [0.717, 1.165) is 52.0 Å². The number of hydrogen-bond donors (Lipinski definition) is 1. The number of ether oxygens (including phenoxy) is 1. The number of carbonyl (C=O) groups excluding carboxylic acids is 1. The van der Waals surface area contributed by atoms with Crippen molar-refractivity contribution in [2.75, 3.05) is 39.3 Å². The molecule has 2 heterocycles. The molecule has 2 rings (SSSR count). The SMILES string of the molecule is CC(C)(C)[C@H](O)CN1CCN(C(=O)CC[C@H]2CCCO2)CC1. The molecule has 1 amide bonds. The molecule has 0 spiro atoms. The van der Waals surface area contributed by atoms with Crippen LogP contribution in [0.2, 0.25) is 0 Å². The van der Waals surface area contributed by atoms with Crippen LogP contribution in [0, 0.1) is 5.41 Å². The molecule has 2 atom stereocenters. The normalized spacial score (nSPS) is 25.5. The Morgan fingerprint density at radius 1 is 1.27 bits per heavy atom. The number of rotatable bonds is 5. The standard InChI is InChI=1S/C17H32N2O3/c1-17(2,3)15(20)13-18-8-10-19(11-9-18)16(21)7-6-14-5-4-12-22-14/h14-15,20H,4-13H2,1-3H3/t14-,15-/m1/s1. The van der Waals surface area contributed by atoms with Crippen molar-refractivity contribution in [2.45, 2.75) is 58.7 Å². The summed E-state index contributed by atoms with van der Waals surface area (Å²) >= 11 is 0. The third-order valence-electron chi connectivity index (χ3n) is 4.86. The second-order valence-electron chi connectivity index (χ2n) is 7.74. The third-order valence-corrected chi connectivity index (χ3v) is 4.86. The smallest absolute Gasteiger partial charge is 0.222 e. The van der Waals surface area contributed by atoms with Gasteiger partial charge in [-0.3, -0.25) is 9.69 Å². The lowest BCUT2D eigenvalue weighted by molar-refractivity contribution is -0.133. The molecule has 0 radical (unpaired) electrons. The molecule has 0 aliphatic carbocycles. The summed E-state index contributed by atoms with van der Waals surface area (Å²) < 4.78 is 5.58. The number of β-amino-alcohol motifs (C(OH)–C–C–N with tert-alkyl or cyclic N) is 1. The van der Waals surface area contributed by atoms with Gasteiger partial charge in [-0.2, -0.15) is 0 Å². The highest BCUT2D eigenvalue weighted by Crippen LogP contribution is 2.21. The number of nitrogens with zero attached hydrogens (tertiary/aromatic N) is 2. The highest BCUT2D eigenvalue weighted by atomic mass is 16.5. The Morgan fingerprint density at radius 3 is 2.50 bits per heavy atom. The highest BCUT2D eigenvalue weighted by Gasteiger charge is 2.28. The zero-order valence-electron chi connectivity index (χ0n) is 14.4. The van der Waals surface area contributed by atoms with Crippen molar-refractivity contribution >= 4 is 5.91 Å². The van der Waals surface area contributed by atoms with Crippen LogP contribution < -0.4 is 0 Å². The van der Waals surface area contributed by atoms with E-state index in [0.29, 0.717) is 19.1 Å². The van der Waals surface area contributed by atoms with E-state index in [1.165, 1.54) is 0 Å². The predicted octanol–water partition coefficient (Wildman–Crippen LogP) is 1.50. The van der Waals surface area contributed by atoms with E-state index in [-0.39, 0.29) is 17.4 Å². The first kappa shape index (κ1) is 17.7. The van der Waals surface area contributed by atoms with Gasteiger partial charge < -0.3 is 14.7 Å². The minimum absolute atomic E-state index is 0.0891. The van der Waals surface area contributed by atoms with Crippen LogP contribution >= 0.6 is 0 Å². The van der Waals surface area contributed by atoms with E-state index in [4.69, 9.17) is 4.74 Å². The van der Waals surface area contributed by atoms with Gasteiger partial charge in [-0.1, -0.05) is 20.8 Å². The minimum atomic E-state index is -0.325. The van der Waals surface area contributed by atoms with Crippen molar-refractivity contribution in [3.63, 3.8) is 0 Å². The molecule has 22 heavy (non-hydrogen) atoms. The molecule has 1 N–H and O–H groups in total. The van der Waals surface area contributed by atoms with Crippen molar-refractivity contribution in [1.29, 1.82) is 0 Å². The first-order valence-corrected chi connectivity index (χ1v) is 8.66. The second kappa shape index (κ2) is 7.75. The van der Waals surface area contributed by atoms with Gasteiger partial charge in [0, 0.05) is 45.8 Å². The molecule has 5 nitrogen and oxygen atoms in total. The van der Waals surface area contributed by atoms with Gasteiger partial charge in [0.05, 0.1) is 12.2 Å². The largest absolute Gasteiger partial charge is 0.391 e. The molecule has 2 aliphatic heterocycles. The van der Waals surface area contributed by atoms with Crippen LogP contribution in [0.25, 0.3) is 0 Å². The molecule has 0 bridgehead atoms. The lowest BCUT2D eigenvalue weighted by atomic mass is 9.89. The summed E-state index contributed by atoms with van der Waals surface area (Å²) in [6.45, 7) is 11.0. The van der Waals surface area contributed by atoms with Crippen molar-refractivity contribution in [2.24, 2.45) is 5.41 Å². The monoisotopic (exact) mass is 312 g/mol. The Labute approximate surface area is 134 Å². The quantitative estimate of drug-likeness (QED) is 0.836. The summed E-state index contributed by atoms with van der Waals surface area (Å²) in [6.07, 6.45) is 3.68. The Kier molecular flexibility index (Phi) is 6.24. The van der Waals surface area contributed by atoms with E-state index < -0.39 is 0 Å². The molecular weight excluding hydrogens is 280 g/mol. The topological polar surface area (TPSA) is 53.0 Å². The van der Waals surface area contributed by atoms with Crippen molar-refractivity contribution in [1.82, 2.24) is 9.80 Å². The van der Waals surface area contributed by atoms with Crippen LogP contribution in [-0.2, 0) is 9.53 Å². The summed E-state index contributed by atoms with van der Waals surface area (Å²) in [5, 5.41) is 10.2. The Balaban J connectivity index is 1.66. The van der Waals surface area contributed by atoms with Gasteiger partial charge in [-0.15, -0.1) is 0 Å². The van der Waals surface area contributed by atoms with Gasteiger partial charge in [0.2, 0.25) is 5.91 Å². The number of amides is 1. The predicted molar refractivity (Wildman–Crippen MR) is 86.7 cm³/mol. The number of aliphatic hydroxyl groups is 1. The van der Waals surface area contributed by atoms with Crippen LogP contribution in [-0.4, -0.2) is 72.4 Å². The Hall–Kier alpha value is -0.650. The number of carbonyl (C=O) groups is 1. The zero-order chi connectivity index (χ0) is 16.2. The van der Waals surface area contributed by atoms with Gasteiger partial charge in [-0.25, -0.2) is 0 Å². The van der Waals surface area contributed by atoms with Crippen LogP contribution in [0.3, 0.4) is 0 Å². The Bertz CT molecular complexity index is 353. The molecule has 2 saturated heterocycles. The van der Waals surface area contributed by atoms with E-state index >= 15 is 0 Å². The summed E-state index contributed by atoms with van der Waals surface area (Å²) in [7, 11) is 0. The Morgan fingerprint density at radius 2 is 1.95 bits per heavy atom. The molecule has 2 fully saturated rings. The first-order chi connectivity index (χ1) is 10.4. The van der Waals surface area contributed by atoms with Gasteiger partial charge >= 0.3 is 0 Å². The van der Waals surface area contributed by atoms with E-state index in [2.05, 4.69) is 25.7 Å². The van der Waals surface area contributed by atoms with E-state index in [1.54, 1.807) is 0 Å². The van der Waals surface area contributed by atoms with Gasteiger partial charge in [-0.05, 0) is 24.7 Å². The van der Waals surface area contributed by atoms with Gasteiger partial charge in [0.1, 0.15) is 0 Å². The van der Waals surface area contributed by atoms with Crippen molar-refractivity contribution < 1.29 is 14.6 Å². The van der Waals surface area contributed by atoms with Crippen LogP contribution in [0.4, 0.5) is 0 Å². The van der Waals surface area contributed by atoms with Gasteiger partial charge in [0.25, 0.3) is 0 Å². The zero-order valence-corrected chi connectivity index (χ0v) is 14.4. The van der Waals surface area contributed by atoms with E-state index in [1.807, 2.05) is 4.90 Å². The van der Waals surface area contributed by atoms with Crippen molar-refractivity contribution in [3.8, 4) is 0 Å². The third kappa shape index (κ3) is 5.21. The van der Waals surface area contributed by atoms with Crippen LogP contribution in [0.15, 0.2) is 0 Å². The summed E-state index contributed by atoms with van der Waals surface area (Å²) in [4.78, 5) is 16.5. The summed E-state index contributed by atoms with van der Waals surface area (Å²) in [5.74, 6) is 0.256. The molecule has 128 valence electrons. The summed E-state index contributed by atoms with van der Waals surface area (Å²) in [6, 6.07) is 0. The average Bonchev–Trinajstić information content (AvgIpc) is 2.98. The lowest BCUT2D eigenvalue weighted by Gasteiger charge is -2.38. The highest BCUT2D eigenvalue weighted by molar-refractivity contribution is 5.76. The molecule has 0 aromatic carbocycles. The molecule has 0 saturated carbocycles. The minimum Gasteiger partial charge on any atom is -0.391 e. The van der Waals surface area contributed by atoms with Gasteiger partial charge in [0.15, 0.2) is 0 Å². The average molecular weight is 312 g/mol. The van der Waals surface area contributed by atoms with Crippen LogP contribution in [0.1, 0.15) is 46.5 Å². The molecule has 0 unspecified atom stereocenters. The fraction of sp³-hybridized carbons (Fsp3) is 0.941. The van der Waals surface area contributed by atoms with Crippen LogP contribution in [0.5, 0.6) is 0 Å². The molecule has 2 aliphatic rings. The maximum atomic E-state index is 12.2. The maximum Gasteiger partial charge on any atom is 0.222 e. The molecular formula is C17H32N2O3. The van der Waals surface area contributed by atoms with Crippen molar-refractivity contribution in [3.05, 3.63) is 0 Å². The summed E-state index contributed by atoms with van der Waals surface area (Å²) in [5.41, 5.74) is -0.0891. The van der Waals surface area contributed by atoms with E-state index in [9.17, 15) is 9.90 Å².